The molecule has 0 unspecified atom stereocenters. The highest BCUT2D eigenvalue weighted by atomic mass is 16.5. The number of nitrogens with one attached hydrogen (secondary N) is 1. The minimum atomic E-state index is -0.299. The third-order valence-electron chi connectivity index (χ3n) is 4.24. The first-order valence-electron chi connectivity index (χ1n) is 8.01. The van der Waals surface area contributed by atoms with Gasteiger partial charge >= 0.3 is 0 Å². The number of aromatic nitrogens is 8. The molecule has 0 saturated heterocycles. The molecule has 0 radical (unpaired) electrons. The molecule has 0 saturated carbocycles. The van der Waals surface area contributed by atoms with Gasteiger partial charge in [-0.2, -0.15) is 24.7 Å². The molecule has 4 aromatic heterocycles. The quantitative estimate of drug-likeness (QED) is 0.514. The number of hydrogen-bond acceptors (Lipinski definition) is 7. The largest absolute Gasteiger partial charge is 0.497 e. The van der Waals surface area contributed by atoms with E-state index in [4.69, 9.17) is 4.74 Å². The summed E-state index contributed by atoms with van der Waals surface area (Å²) in [6, 6.07) is 9.13. The number of aromatic amines is 1. The van der Waals surface area contributed by atoms with Crippen LogP contribution in [0.3, 0.4) is 0 Å². The predicted molar refractivity (Wildman–Crippen MR) is 95.8 cm³/mol. The molecule has 0 aliphatic rings. The van der Waals surface area contributed by atoms with E-state index in [1.165, 1.54) is 17.2 Å². The summed E-state index contributed by atoms with van der Waals surface area (Å²) in [4.78, 5) is 26.0. The molecule has 132 valence electrons. The number of rotatable bonds is 3. The van der Waals surface area contributed by atoms with Crippen LogP contribution in [0.1, 0.15) is 0 Å². The van der Waals surface area contributed by atoms with Gasteiger partial charge in [-0.25, -0.2) is 10.1 Å². The highest BCUT2D eigenvalue weighted by Crippen LogP contribution is 2.28. The minimum absolute atomic E-state index is 0.299. The lowest BCUT2D eigenvalue weighted by molar-refractivity contribution is 0.415. The van der Waals surface area contributed by atoms with Crippen molar-refractivity contribution in [1.82, 2.24) is 39.3 Å². The Bertz CT molecular complexity index is 1340. The molecule has 10 nitrogen and oxygen atoms in total. The maximum absolute atomic E-state index is 13.3. The zero-order valence-electron chi connectivity index (χ0n) is 14.1. The molecule has 1 aromatic carbocycles. The highest BCUT2D eigenvalue weighted by Gasteiger charge is 2.18. The van der Waals surface area contributed by atoms with Gasteiger partial charge in [0.2, 0.25) is 5.95 Å². The standard InChI is InChI=1S/C17H12N8O2/c1-27-11-4-2-3-10(7-11)14-13-12(22-16-19-9-21-25(14)16)5-6-24(15(13)26)17-18-8-20-23-17/h2-9H,1H3,(H,18,20,23). The van der Waals surface area contributed by atoms with Crippen LogP contribution in [0.25, 0.3) is 33.9 Å². The summed E-state index contributed by atoms with van der Waals surface area (Å²) in [6.07, 6.45) is 4.34. The lowest BCUT2D eigenvalue weighted by Gasteiger charge is -2.11. The van der Waals surface area contributed by atoms with Gasteiger partial charge in [-0.05, 0) is 18.2 Å². The van der Waals surface area contributed by atoms with Gasteiger partial charge in [-0.1, -0.05) is 12.1 Å². The van der Waals surface area contributed by atoms with Crippen molar-refractivity contribution in [3.8, 4) is 23.0 Å². The maximum Gasteiger partial charge on any atom is 0.269 e. The number of benzene rings is 1. The third kappa shape index (κ3) is 2.27. The van der Waals surface area contributed by atoms with Crippen molar-refractivity contribution in [2.24, 2.45) is 0 Å². The molecular weight excluding hydrogens is 348 g/mol. The van der Waals surface area contributed by atoms with Crippen LogP contribution < -0.4 is 10.3 Å². The van der Waals surface area contributed by atoms with E-state index in [9.17, 15) is 4.79 Å². The number of H-pyrrole nitrogens is 1. The van der Waals surface area contributed by atoms with Gasteiger partial charge in [-0.3, -0.25) is 9.36 Å². The van der Waals surface area contributed by atoms with Crippen molar-refractivity contribution < 1.29 is 4.74 Å². The summed E-state index contributed by atoms with van der Waals surface area (Å²) in [5, 5.41) is 11.1. The molecule has 0 aliphatic heterocycles. The van der Waals surface area contributed by atoms with E-state index >= 15 is 0 Å². The Labute approximate surface area is 151 Å². The molecule has 0 atom stereocenters. The van der Waals surface area contributed by atoms with Gasteiger partial charge in [0.05, 0.1) is 23.7 Å². The van der Waals surface area contributed by atoms with Gasteiger partial charge in [0.15, 0.2) is 0 Å². The molecule has 0 aliphatic carbocycles. The average Bonchev–Trinajstić information content (AvgIpc) is 3.38. The van der Waals surface area contributed by atoms with Crippen LogP contribution in [0.15, 0.2) is 54.0 Å². The molecule has 1 N–H and O–H groups in total. The molecule has 0 fully saturated rings. The number of fused-ring (bicyclic) bond motifs is 2. The molecular formula is C17H12N8O2. The van der Waals surface area contributed by atoms with Gasteiger partial charge in [-0.15, -0.1) is 0 Å². The number of pyridine rings is 1. The van der Waals surface area contributed by atoms with E-state index in [-0.39, 0.29) is 5.56 Å². The van der Waals surface area contributed by atoms with Gasteiger partial charge < -0.3 is 4.74 Å². The second kappa shape index (κ2) is 5.73. The van der Waals surface area contributed by atoms with Crippen molar-refractivity contribution >= 4 is 16.7 Å². The Morgan fingerprint density at radius 3 is 2.89 bits per heavy atom. The van der Waals surface area contributed by atoms with Crippen molar-refractivity contribution in [1.29, 1.82) is 0 Å². The normalized spacial score (nSPS) is 11.3. The van der Waals surface area contributed by atoms with Crippen LogP contribution in [0.2, 0.25) is 0 Å². The second-order valence-electron chi connectivity index (χ2n) is 5.72. The van der Waals surface area contributed by atoms with Crippen molar-refractivity contribution in [2.75, 3.05) is 7.11 Å². The zero-order chi connectivity index (χ0) is 18.4. The fourth-order valence-electron chi connectivity index (χ4n) is 3.04. The Morgan fingerprint density at radius 2 is 2.07 bits per heavy atom. The summed E-state index contributed by atoms with van der Waals surface area (Å²) in [6.45, 7) is 0. The van der Waals surface area contributed by atoms with Gasteiger partial charge in [0, 0.05) is 11.8 Å². The monoisotopic (exact) mass is 360 g/mol. The lowest BCUT2D eigenvalue weighted by Crippen LogP contribution is -2.21. The summed E-state index contributed by atoms with van der Waals surface area (Å²) >= 11 is 0. The molecule has 5 rings (SSSR count). The fourth-order valence-corrected chi connectivity index (χ4v) is 3.04. The Kier molecular flexibility index (Phi) is 3.22. The minimum Gasteiger partial charge on any atom is -0.497 e. The second-order valence-corrected chi connectivity index (χ2v) is 5.72. The summed E-state index contributed by atoms with van der Waals surface area (Å²) < 4.78 is 8.25. The molecule has 0 amide bonds. The molecule has 0 bridgehead atoms. The smallest absolute Gasteiger partial charge is 0.269 e. The molecule has 0 spiro atoms. The number of ether oxygens (including phenoxy) is 1. The topological polar surface area (TPSA) is 116 Å². The molecule has 5 aromatic rings. The average molecular weight is 360 g/mol. The fraction of sp³-hybridized carbons (Fsp3) is 0.0588. The maximum atomic E-state index is 13.3. The van der Waals surface area contributed by atoms with Crippen molar-refractivity contribution in [3.05, 3.63) is 59.5 Å². The Balaban J connectivity index is 1.94. The third-order valence-corrected chi connectivity index (χ3v) is 4.24. The van der Waals surface area contributed by atoms with Gasteiger partial charge in [0.1, 0.15) is 18.4 Å². The van der Waals surface area contributed by atoms with Crippen LogP contribution in [0, 0.1) is 0 Å². The van der Waals surface area contributed by atoms with E-state index in [0.717, 1.165) is 5.56 Å². The summed E-state index contributed by atoms with van der Waals surface area (Å²) in [5.41, 5.74) is 1.54. The van der Waals surface area contributed by atoms with E-state index in [1.54, 1.807) is 23.9 Å². The number of methoxy groups -OCH3 is 1. The van der Waals surface area contributed by atoms with Crippen LogP contribution in [0.4, 0.5) is 0 Å². The predicted octanol–water partition coefficient (Wildman–Crippen LogP) is 1.22. The van der Waals surface area contributed by atoms with Crippen LogP contribution in [-0.4, -0.2) is 46.4 Å². The first-order valence-corrected chi connectivity index (χ1v) is 8.01. The zero-order valence-corrected chi connectivity index (χ0v) is 14.1. The van der Waals surface area contributed by atoms with Crippen molar-refractivity contribution in [3.63, 3.8) is 0 Å². The summed E-state index contributed by atoms with van der Waals surface area (Å²) in [7, 11) is 1.59. The van der Waals surface area contributed by atoms with E-state index < -0.39 is 0 Å². The van der Waals surface area contributed by atoms with Crippen LogP contribution in [0.5, 0.6) is 5.75 Å². The Hall–Kier alpha value is -4.08. The van der Waals surface area contributed by atoms with E-state index in [1.807, 2.05) is 24.3 Å². The van der Waals surface area contributed by atoms with Crippen LogP contribution >= 0.6 is 0 Å². The highest BCUT2D eigenvalue weighted by molar-refractivity contribution is 5.93. The van der Waals surface area contributed by atoms with Crippen LogP contribution in [-0.2, 0) is 0 Å². The van der Waals surface area contributed by atoms with E-state index in [0.29, 0.717) is 34.1 Å². The first kappa shape index (κ1) is 15.2. The number of nitrogens with zero attached hydrogens (tertiary/aromatic N) is 7. The SMILES string of the molecule is COc1cccc(-c2c3c(=O)n(-c4ncn[nH]4)ccc3nc3ncnn23)c1. The molecule has 27 heavy (non-hydrogen) atoms. The van der Waals surface area contributed by atoms with Gasteiger partial charge in [0.25, 0.3) is 11.3 Å². The Morgan fingerprint density at radius 1 is 1.15 bits per heavy atom. The van der Waals surface area contributed by atoms with Crippen molar-refractivity contribution in [2.45, 2.75) is 0 Å². The van der Waals surface area contributed by atoms with E-state index in [2.05, 4.69) is 30.2 Å². The molecule has 10 heteroatoms. The number of hydrogen-bond donors (Lipinski definition) is 1. The first-order chi connectivity index (χ1) is 13.3. The summed E-state index contributed by atoms with van der Waals surface area (Å²) in [5.74, 6) is 1.38. The molecule has 4 heterocycles. The lowest BCUT2D eigenvalue weighted by atomic mass is 10.1.